The lowest BCUT2D eigenvalue weighted by atomic mass is 10.1. The minimum absolute atomic E-state index is 0.0411. The fourth-order valence-electron chi connectivity index (χ4n) is 2.25. The van der Waals surface area contributed by atoms with Crippen molar-refractivity contribution in [1.29, 1.82) is 0 Å². The summed E-state index contributed by atoms with van der Waals surface area (Å²) in [6.45, 7) is 5.99. The van der Waals surface area contributed by atoms with Crippen LogP contribution in [-0.2, 0) is 0 Å². The minimum atomic E-state index is 0.0411. The average molecular weight is 307 g/mol. The second-order valence-corrected chi connectivity index (χ2v) is 7.52. The summed E-state index contributed by atoms with van der Waals surface area (Å²) in [5.74, 6) is 1.04. The number of nitrogens with two attached hydrogens (primary N) is 1. The highest BCUT2D eigenvalue weighted by atomic mass is 32.2. The van der Waals surface area contributed by atoms with Crippen molar-refractivity contribution in [3.05, 3.63) is 35.4 Å². The summed E-state index contributed by atoms with van der Waals surface area (Å²) in [7, 11) is 0. The number of hydrogen-bond acceptors (Lipinski definition) is 4. The van der Waals surface area contributed by atoms with Gasteiger partial charge in [-0.1, -0.05) is 31.1 Å². The van der Waals surface area contributed by atoms with Crippen LogP contribution in [0.5, 0.6) is 0 Å². The molecule has 1 fully saturated rings. The monoisotopic (exact) mass is 307 g/mol. The van der Waals surface area contributed by atoms with Gasteiger partial charge in [0.25, 0.3) is 5.91 Å². The van der Waals surface area contributed by atoms with Gasteiger partial charge in [0.05, 0.1) is 0 Å². The van der Waals surface area contributed by atoms with Gasteiger partial charge in [0.2, 0.25) is 0 Å². The first kappa shape index (κ1) is 15.7. The maximum absolute atomic E-state index is 12.5. The lowest BCUT2D eigenvalue weighted by Gasteiger charge is -2.22. The van der Waals surface area contributed by atoms with Crippen LogP contribution in [0.25, 0.3) is 0 Å². The van der Waals surface area contributed by atoms with E-state index in [1.54, 1.807) is 24.3 Å². The number of oxime groups is 1. The highest BCUT2D eigenvalue weighted by molar-refractivity contribution is 8.00. The van der Waals surface area contributed by atoms with E-state index in [4.69, 9.17) is 10.9 Å². The lowest BCUT2D eigenvalue weighted by molar-refractivity contribution is 0.0764. The number of amides is 1. The Morgan fingerprint density at radius 2 is 1.90 bits per heavy atom. The quantitative estimate of drug-likeness (QED) is 0.380. The van der Waals surface area contributed by atoms with Crippen LogP contribution in [0.1, 0.15) is 36.2 Å². The van der Waals surface area contributed by atoms with E-state index in [2.05, 4.69) is 19.0 Å². The van der Waals surface area contributed by atoms with E-state index in [9.17, 15) is 4.79 Å². The van der Waals surface area contributed by atoms with Gasteiger partial charge in [0.15, 0.2) is 5.84 Å². The van der Waals surface area contributed by atoms with Crippen LogP contribution in [-0.4, -0.2) is 45.4 Å². The molecular formula is C15H21N3O2S. The summed E-state index contributed by atoms with van der Waals surface area (Å²) in [5.41, 5.74) is 6.75. The Morgan fingerprint density at radius 3 is 2.52 bits per heavy atom. The summed E-state index contributed by atoms with van der Waals surface area (Å²) in [6.07, 6.45) is 0.992. The third-order valence-electron chi connectivity index (χ3n) is 3.66. The molecule has 0 atom stereocenters. The summed E-state index contributed by atoms with van der Waals surface area (Å²) < 4.78 is 0.227. The topological polar surface area (TPSA) is 78.9 Å². The van der Waals surface area contributed by atoms with E-state index in [0.29, 0.717) is 11.1 Å². The maximum atomic E-state index is 12.5. The number of benzene rings is 1. The summed E-state index contributed by atoms with van der Waals surface area (Å²) in [4.78, 5) is 14.4. The Kier molecular flexibility index (Phi) is 4.77. The number of hydrogen-bond donors (Lipinski definition) is 2. The highest BCUT2D eigenvalue weighted by Gasteiger charge is 2.26. The molecule has 1 heterocycles. The molecule has 0 spiro atoms. The van der Waals surface area contributed by atoms with Gasteiger partial charge in [-0.3, -0.25) is 4.79 Å². The van der Waals surface area contributed by atoms with Crippen molar-refractivity contribution < 1.29 is 10.0 Å². The molecule has 1 aromatic carbocycles. The second-order valence-electron chi connectivity index (χ2n) is 5.71. The van der Waals surface area contributed by atoms with Crippen LogP contribution >= 0.6 is 11.8 Å². The third-order valence-corrected chi connectivity index (χ3v) is 5.03. The fraction of sp³-hybridized carbons (Fsp3) is 0.467. The first-order valence-corrected chi connectivity index (χ1v) is 7.93. The molecule has 21 heavy (non-hydrogen) atoms. The van der Waals surface area contributed by atoms with Gasteiger partial charge in [-0.25, -0.2) is 0 Å². The van der Waals surface area contributed by atoms with Crippen LogP contribution in [0.3, 0.4) is 0 Å². The normalized spacial score (nSPS) is 19.1. The van der Waals surface area contributed by atoms with E-state index in [-0.39, 0.29) is 16.5 Å². The molecule has 0 unspecified atom stereocenters. The van der Waals surface area contributed by atoms with Gasteiger partial charge in [-0.15, -0.1) is 0 Å². The second kappa shape index (κ2) is 6.39. The molecule has 3 N–H and O–H groups in total. The van der Waals surface area contributed by atoms with Gasteiger partial charge < -0.3 is 15.8 Å². The molecule has 1 aliphatic rings. The summed E-state index contributed by atoms with van der Waals surface area (Å²) in [6, 6.07) is 6.83. The number of nitrogens with zero attached hydrogens (tertiary/aromatic N) is 2. The van der Waals surface area contributed by atoms with Gasteiger partial charge in [-0.2, -0.15) is 11.8 Å². The standard InChI is InChI=1S/C15H21N3O2S/c1-15(2)7-8-18(9-10-21-15)14(19)12-5-3-11(4-6-12)13(16)17-20/h3-6,20H,7-10H2,1-2H3,(H2,16,17). The number of carbonyl (C=O) groups is 1. The molecular weight excluding hydrogens is 286 g/mol. The Hall–Kier alpha value is -1.69. The van der Waals surface area contributed by atoms with Gasteiger partial charge in [-0.05, 0) is 18.6 Å². The Morgan fingerprint density at radius 1 is 1.29 bits per heavy atom. The molecule has 1 saturated heterocycles. The predicted molar refractivity (Wildman–Crippen MR) is 86.0 cm³/mol. The highest BCUT2D eigenvalue weighted by Crippen LogP contribution is 2.31. The van der Waals surface area contributed by atoms with Crippen molar-refractivity contribution in [2.45, 2.75) is 25.0 Å². The summed E-state index contributed by atoms with van der Waals surface area (Å²) in [5, 5.41) is 11.6. The van der Waals surface area contributed by atoms with Crippen LogP contribution < -0.4 is 5.73 Å². The molecule has 0 bridgehead atoms. The zero-order chi connectivity index (χ0) is 15.5. The van der Waals surface area contributed by atoms with Crippen LogP contribution in [0.15, 0.2) is 29.4 Å². The zero-order valence-corrected chi connectivity index (χ0v) is 13.2. The number of thioether (sulfide) groups is 1. The van der Waals surface area contributed by atoms with Crippen LogP contribution in [0, 0.1) is 0 Å². The predicted octanol–water partition coefficient (Wildman–Crippen LogP) is 2.14. The van der Waals surface area contributed by atoms with Gasteiger partial charge >= 0.3 is 0 Å². The molecule has 0 aromatic heterocycles. The molecule has 6 heteroatoms. The van der Waals surface area contributed by atoms with Crippen molar-refractivity contribution in [3.63, 3.8) is 0 Å². The van der Waals surface area contributed by atoms with E-state index >= 15 is 0 Å². The molecule has 0 radical (unpaired) electrons. The molecule has 114 valence electrons. The number of carbonyl (C=O) groups excluding carboxylic acids is 1. The number of rotatable bonds is 2. The Bertz CT molecular complexity index is 540. The molecule has 1 aliphatic heterocycles. The lowest BCUT2D eigenvalue weighted by Crippen LogP contribution is -2.33. The van der Waals surface area contributed by atoms with Crippen LogP contribution in [0.4, 0.5) is 0 Å². The molecule has 1 amide bonds. The fourth-order valence-corrected chi connectivity index (χ4v) is 3.35. The average Bonchev–Trinajstić information content (AvgIpc) is 2.66. The zero-order valence-electron chi connectivity index (χ0n) is 12.4. The first-order chi connectivity index (χ1) is 9.93. The van der Waals surface area contributed by atoms with Crippen molar-refractivity contribution in [2.24, 2.45) is 10.9 Å². The van der Waals surface area contributed by atoms with E-state index in [1.165, 1.54) is 0 Å². The van der Waals surface area contributed by atoms with Crippen molar-refractivity contribution in [2.75, 3.05) is 18.8 Å². The van der Waals surface area contributed by atoms with E-state index in [0.717, 1.165) is 25.3 Å². The van der Waals surface area contributed by atoms with Crippen molar-refractivity contribution in [3.8, 4) is 0 Å². The molecule has 5 nitrogen and oxygen atoms in total. The molecule has 1 aromatic rings. The molecule has 2 rings (SSSR count). The SMILES string of the molecule is CC1(C)CCN(C(=O)c2ccc(/C(N)=N/O)cc2)CCS1. The van der Waals surface area contributed by atoms with Gasteiger partial charge in [0.1, 0.15) is 0 Å². The summed E-state index contributed by atoms with van der Waals surface area (Å²) >= 11 is 1.91. The van der Waals surface area contributed by atoms with Crippen molar-refractivity contribution >= 4 is 23.5 Å². The third kappa shape index (κ3) is 3.91. The van der Waals surface area contributed by atoms with Gasteiger partial charge in [0, 0.05) is 34.7 Å². The van der Waals surface area contributed by atoms with E-state index in [1.807, 2.05) is 16.7 Å². The molecule has 0 saturated carbocycles. The smallest absolute Gasteiger partial charge is 0.253 e. The minimum Gasteiger partial charge on any atom is -0.409 e. The Balaban J connectivity index is 2.09. The van der Waals surface area contributed by atoms with Crippen LogP contribution in [0.2, 0.25) is 0 Å². The first-order valence-electron chi connectivity index (χ1n) is 6.94. The Labute approximate surface area is 129 Å². The number of amidine groups is 1. The molecule has 0 aliphatic carbocycles. The van der Waals surface area contributed by atoms with E-state index < -0.39 is 0 Å². The largest absolute Gasteiger partial charge is 0.409 e. The van der Waals surface area contributed by atoms with Crippen molar-refractivity contribution in [1.82, 2.24) is 4.90 Å². The maximum Gasteiger partial charge on any atom is 0.253 e.